The van der Waals surface area contributed by atoms with Crippen molar-refractivity contribution in [2.45, 2.75) is 44.2 Å². The number of hydrogen-bond donors (Lipinski definition) is 1. The molecule has 108 valence electrons. The van der Waals surface area contributed by atoms with Gasteiger partial charge in [0, 0.05) is 19.1 Å². The van der Waals surface area contributed by atoms with Crippen molar-refractivity contribution in [2.75, 3.05) is 14.1 Å². The van der Waals surface area contributed by atoms with Crippen molar-refractivity contribution in [1.29, 1.82) is 0 Å². The summed E-state index contributed by atoms with van der Waals surface area (Å²) in [6, 6.07) is 7.13. The lowest BCUT2D eigenvalue weighted by Gasteiger charge is -2.34. The molecule has 1 rings (SSSR count). The van der Waals surface area contributed by atoms with E-state index in [1.807, 2.05) is 40.0 Å². The van der Waals surface area contributed by atoms with E-state index in [2.05, 4.69) is 5.32 Å². The van der Waals surface area contributed by atoms with Gasteiger partial charge in [0.15, 0.2) is 0 Å². The summed E-state index contributed by atoms with van der Waals surface area (Å²) >= 11 is 0. The van der Waals surface area contributed by atoms with Crippen LogP contribution < -0.4 is 5.32 Å². The minimum Gasteiger partial charge on any atom is -0.316 e. The lowest BCUT2D eigenvalue weighted by atomic mass is 10.0. The van der Waals surface area contributed by atoms with Gasteiger partial charge in [-0.05, 0) is 38.9 Å². The van der Waals surface area contributed by atoms with Crippen LogP contribution in [-0.4, -0.2) is 32.4 Å². The van der Waals surface area contributed by atoms with E-state index in [0.717, 1.165) is 12.0 Å². The lowest BCUT2D eigenvalue weighted by molar-refractivity contribution is 0.257. The Bertz CT molecular complexity index is 524. The van der Waals surface area contributed by atoms with Crippen LogP contribution in [0.25, 0.3) is 0 Å². The predicted molar refractivity (Wildman–Crippen MR) is 78.5 cm³/mol. The van der Waals surface area contributed by atoms with E-state index in [1.165, 1.54) is 4.31 Å². The summed E-state index contributed by atoms with van der Waals surface area (Å²) < 4.78 is 26.9. The van der Waals surface area contributed by atoms with Gasteiger partial charge in [-0.1, -0.05) is 25.1 Å². The first-order valence-electron chi connectivity index (χ1n) is 6.49. The van der Waals surface area contributed by atoms with Crippen LogP contribution in [0.5, 0.6) is 0 Å². The Hall–Kier alpha value is -0.910. The van der Waals surface area contributed by atoms with Crippen LogP contribution in [0.1, 0.15) is 32.8 Å². The van der Waals surface area contributed by atoms with Gasteiger partial charge in [0.05, 0.1) is 4.90 Å². The summed E-state index contributed by atoms with van der Waals surface area (Å²) in [6.07, 6.45) is 0.761. The number of sulfonamides is 1. The molecule has 1 aromatic carbocycles. The molecule has 5 heteroatoms. The molecule has 19 heavy (non-hydrogen) atoms. The van der Waals surface area contributed by atoms with Crippen molar-refractivity contribution in [1.82, 2.24) is 9.62 Å². The Morgan fingerprint density at radius 2 is 1.84 bits per heavy atom. The molecular weight excluding hydrogens is 260 g/mol. The van der Waals surface area contributed by atoms with Crippen molar-refractivity contribution >= 4 is 10.0 Å². The molecule has 0 spiro atoms. The molecule has 1 aromatic rings. The van der Waals surface area contributed by atoms with Crippen LogP contribution in [0.15, 0.2) is 29.2 Å². The summed E-state index contributed by atoms with van der Waals surface area (Å²) in [5, 5.41) is 3.01. The molecule has 0 fully saturated rings. The van der Waals surface area contributed by atoms with Gasteiger partial charge in [0.1, 0.15) is 0 Å². The van der Waals surface area contributed by atoms with Gasteiger partial charge in [-0.3, -0.25) is 0 Å². The lowest BCUT2D eigenvalue weighted by Crippen LogP contribution is -2.44. The predicted octanol–water partition coefficient (Wildman–Crippen LogP) is 2.22. The van der Waals surface area contributed by atoms with E-state index < -0.39 is 15.6 Å². The number of nitrogens with zero attached hydrogens (tertiary/aromatic N) is 1. The largest absolute Gasteiger partial charge is 0.316 e. The Kier molecular flexibility index (Phi) is 5.12. The van der Waals surface area contributed by atoms with Crippen molar-refractivity contribution in [3.8, 4) is 0 Å². The molecule has 0 aliphatic rings. The van der Waals surface area contributed by atoms with Gasteiger partial charge < -0.3 is 5.32 Å². The van der Waals surface area contributed by atoms with E-state index in [0.29, 0.717) is 11.4 Å². The van der Waals surface area contributed by atoms with Crippen LogP contribution >= 0.6 is 0 Å². The average Bonchev–Trinajstić information content (AvgIpc) is 2.38. The van der Waals surface area contributed by atoms with Crippen LogP contribution in [0.4, 0.5) is 0 Å². The first-order chi connectivity index (χ1) is 8.77. The zero-order valence-corrected chi connectivity index (χ0v) is 13.2. The van der Waals surface area contributed by atoms with Crippen molar-refractivity contribution in [3.63, 3.8) is 0 Å². The molecule has 0 unspecified atom stereocenters. The fraction of sp³-hybridized carbons (Fsp3) is 0.571. The molecule has 0 bridgehead atoms. The normalized spacial score (nSPS) is 12.9. The monoisotopic (exact) mass is 284 g/mol. The molecule has 0 amide bonds. The highest BCUT2D eigenvalue weighted by molar-refractivity contribution is 7.89. The third kappa shape index (κ3) is 3.35. The summed E-state index contributed by atoms with van der Waals surface area (Å²) in [4.78, 5) is 0.383. The summed E-state index contributed by atoms with van der Waals surface area (Å²) in [6.45, 7) is 6.40. The number of rotatable bonds is 6. The SMILES string of the molecule is CCC(C)(C)N(C)S(=O)(=O)c1ccccc1CNC. The van der Waals surface area contributed by atoms with Gasteiger partial charge >= 0.3 is 0 Å². The quantitative estimate of drug-likeness (QED) is 0.871. The highest BCUT2D eigenvalue weighted by Gasteiger charge is 2.33. The zero-order chi connectivity index (χ0) is 14.7. The smallest absolute Gasteiger partial charge is 0.243 e. The van der Waals surface area contributed by atoms with Gasteiger partial charge in [0.25, 0.3) is 0 Å². The second kappa shape index (κ2) is 6.03. The highest BCUT2D eigenvalue weighted by Crippen LogP contribution is 2.27. The number of nitrogens with one attached hydrogen (secondary N) is 1. The molecule has 0 aliphatic heterocycles. The number of hydrogen-bond acceptors (Lipinski definition) is 3. The van der Waals surface area contributed by atoms with Gasteiger partial charge in [-0.2, -0.15) is 4.31 Å². The minimum absolute atomic E-state index is 0.383. The van der Waals surface area contributed by atoms with Crippen molar-refractivity contribution in [3.05, 3.63) is 29.8 Å². The van der Waals surface area contributed by atoms with Crippen molar-refractivity contribution in [2.24, 2.45) is 0 Å². The average molecular weight is 284 g/mol. The Morgan fingerprint density at radius 3 is 2.37 bits per heavy atom. The maximum Gasteiger partial charge on any atom is 0.243 e. The second-order valence-electron chi connectivity index (χ2n) is 5.28. The van der Waals surface area contributed by atoms with Crippen LogP contribution in [0.2, 0.25) is 0 Å². The molecule has 0 aromatic heterocycles. The number of benzene rings is 1. The highest BCUT2D eigenvalue weighted by atomic mass is 32.2. The molecule has 4 nitrogen and oxygen atoms in total. The third-order valence-electron chi connectivity index (χ3n) is 3.70. The molecule has 0 saturated heterocycles. The zero-order valence-electron chi connectivity index (χ0n) is 12.4. The standard InChI is InChI=1S/C14H24N2O2S/c1-6-14(2,3)16(5)19(17,18)13-10-8-7-9-12(13)11-15-4/h7-10,15H,6,11H2,1-5H3. The van der Waals surface area contributed by atoms with E-state index in [-0.39, 0.29) is 0 Å². The first-order valence-corrected chi connectivity index (χ1v) is 7.93. The van der Waals surface area contributed by atoms with Crippen LogP contribution in [0, 0.1) is 0 Å². The summed E-state index contributed by atoms with van der Waals surface area (Å²) in [5.41, 5.74) is 0.398. The summed E-state index contributed by atoms with van der Waals surface area (Å²) in [5.74, 6) is 0. The molecule has 0 saturated carbocycles. The molecule has 0 radical (unpaired) electrons. The molecule has 0 atom stereocenters. The molecular formula is C14H24N2O2S. The van der Waals surface area contributed by atoms with E-state index in [4.69, 9.17) is 0 Å². The van der Waals surface area contributed by atoms with Crippen LogP contribution in [0.3, 0.4) is 0 Å². The fourth-order valence-electron chi connectivity index (χ4n) is 1.79. The first kappa shape index (κ1) is 16.1. The Labute approximate surface area is 116 Å². The van der Waals surface area contributed by atoms with Gasteiger partial charge in [-0.25, -0.2) is 8.42 Å². The third-order valence-corrected chi connectivity index (χ3v) is 5.87. The molecule has 1 N–H and O–H groups in total. The van der Waals surface area contributed by atoms with Gasteiger partial charge in [0.2, 0.25) is 10.0 Å². The topological polar surface area (TPSA) is 49.4 Å². The van der Waals surface area contributed by atoms with Gasteiger partial charge in [-0.15, -0.1) is 0 Å². The fourth-order valence-corrected chi connectivity index (χ4v) is 3.58. The Balaban J connectivity index is 3.28. The Morgan fingerprint density at radius 1 is 1.26 bits per heavy atom. The molecule has 0 aliphatic carbocycles. The van der Waals surface area contributed by atoms with Crippen LogP contribution in [-0.2, 0) is 16.6 Å². The van der Waals surface area contributed by atoms with E-state index >= 15 is 0 Å². The van der Waals surface area contributed by atoms with E-state index in [1.54, 1.807) is 19.2 Å². The minimum atomic E-state index is -3.47. The summed E-state index contributed by atoms with van der Waals surface area (Å²) in [7, 11) is -0.0119. The van der Waals surface area contributed by atoms with E-state index in [9.17, 15) is 8.42 Å². The van der Waals surface area contributed by atoms with Crippen molar-refractivity contribution < 1.29 is 8.42 Å². The maximum absolute atomic E-state index is 12.7. The molecule has 0 heterocycles. The maximum atomic E-state index is 12.7. The second-order valence-corrected chi connectivity index (χ2v) is 7.21.